The van der Waals surface area contributed by atoms with Gasteiger partial charge >= 0.3 is 5.97 Å². The van der Waals surface area contributed by atoms with E-state index >= 15 is 0 Å². The maximum absolute atomic E-state index is 12.5. The van der Waals surface area contributed by atoms with Gasteiger partial charge in [-0.25, -0.2) is 4.98 Å². The predicted molar refractivity (Wildman–Crippen MR) is 123 cm³/mol. The van der Waals surface area contributed by atoms with Crippen LogP contribution in [-0.4, -0.2) is 29.2 Å². The van der Waals surface area contributed by atoms with Crippen molar-refractivity contribution in [3.63, 3.8) is 0 Å². The summed E-state index contributed by atoms with van der Waals surface area (Å²) in [5, 5.41) is 3.36. The number of thioether (sulfide) groups is 1. The number of aromatic nitrogens is 1. The zero-order valence-corrected chi connectivity index (χ0v) is 18.1. The highest BCUT2D eigenvalue weighted by atomic mass is 32.2. The average molecular weight is 447 g/mol. The summed E-state index contributed by atoms with van der Waals surface area (Å²) < 4.78 is 10.7. The van der Waals surface area contributed by atoms with Crippen LogP contribution >= 0.6 is 11.8 Å². The minimum Gasteiger partial charge on any atom is -0.455 e. The van der Waals surface area contributed by atoms with Gasteiger partial charge in [0.2, 0.25) is 0 Å². The van der Waals surface area contributed by atoms with Crippen molar-refractivity contribution in [1.82, 2.24) is 10.3 Å². The number of nitrogens with one attached hydrogen (secondary N) is 1. The number of nitrogens with zero attached hydrogens (tertiary/aromatic N) is 1. The summed E-state index contributed by atoms with van der Waals surface area (Å²) in [6.45, 7) is -0.342. The van der Waals surface area contributed by atoms with Crippen LogP contribution in [0.25, 0.3) is 11.1 Å². The van der Waals surface area contributed by atoms with Gasteiger partial charge in [0.05, 0.1) is 6.04 Å². The topological polar surface area (TPSA) is 81.4 Å². The van der Waals surface area contributed by atoms with Crippen LogP contribution in [0.3, 0.4) is 0 Å². The molecule has 0 spiro atoms. The smallest absolute Gasteiger partial charge is 0.316 e. The molecule has 6 nitrogen and oxygen atoms in total. The van der Waals surface area contributed by atoms with Crippen LogP contribution in [0.1, 0.15) is 17.2 Å². The molecule has 0 aliphatic carbocycles. The number of carbonyl (C=O) groups is 2. The first-order chi connectivity index (χ1) is 15.7. The molecular weight excluding hydrogens is 424 g/mol. The number of oxazole rings is 1. The molecule has 1 N–H and O–H groups in total. The highest BCUT2D eigenvalue weighted by Crippen LogP contribution is 2.23. The first kappa shape index (κ1) is 21.6. The lowest BCUT2D eigenvalue weighted by atomic mass is 9.99. The predicted octanol–water partition coefficient (Wildman–Crippen LogP) is 4.56. The Balaban J connectivity index is 1.29. The highest BCUT2D eigenvalue weighted by Gasteiger charge is 2.17. The van der Waals surface area contributed by atoms with Gasteiger partial charge in [-0.3, -0.25) is 9.59 Å². The quantitative estimate of drug-likeness (QED) is 0.300. The van der Waals surface area contributed by atoms with Crippen molar-refractivity contribution in [2.24, 2.45) is 0 Å². The van der Waals surface area contributed by atoms with Gasteiger partial charge in [-0.1, -0.05) is 84.6 Å². The van der Waals surface area contributed by atoms with Crippen LogP contribution in [0.2, 0.25) is 0 Å². The monoisotopic (exact) mass is 446 g/mol. The molecule has 1 aromatic heterocycles. The second-order valence-electron chi connectivity index (χ2n) is 7.12. The molecule has 4 rings (SSSR count). The first-order valence-corrected chi connectivity index (χ1v) is 11.2. The number of hydrogen-bond donors (Lipinski definition) is 1. The fourth-order valence-corrected chi connectivity index (χ4v) is 3.88. The van der Waals surface area contributed by atoms with Crippen LogP contribution < -0.4 is 5.32 Å². The first-order valence-electron chi connectivity index (χ1n) is 10.2. The number of fused-ring (bicyclic) bond motifs is 1. The Bertz CT molecular complexity index is 1150. The summed E-state index contributed by atoms with van der Waals surface area (Å²) in [6.07, 6.45) is 0.637. The van der Waals surface area contributed by atoms with Gasteiger partial charge in [0.25, 0.3) is 11.1 Å². The van der Waals surface area contributed by atoms with Crippen LogP contribution in [-0.2, 0) is 20.7 Å². The van der Waals surface area contributed by atoms with Gasteiger partial charge in [0.1, 0.15) is 11.3 Å². The zero-order chi connectivity index (χ0) is 22.2. The van der Waals surface area contributed by atoms with E-state index in [2.05, 4.69) is 10.3 Å². The second-order valence-corrected chi connectivity index (χ2v) is 8.04. The number of benzene rings is 3. The van der Waals surface area contributed by atoms with Gasteiger partial charge in [0, 0.05) is 0 Å². The third-order valence-electron chi connectivity index (χ3n) is 4.77. The van der Waals surface area contributed by atoms with E-state index in [0.29, 0.717) is 17.2 Å². The molecule has 0 saturated carbocycles. The molecule has 3 aromatic carbocycles. The molecule has 0 saturated heterocycles. The summed E-state index contributed by atoms with van der Waals surface area (Å²) in [5.41, 5.74) is 3.48. The normalized spacial score (nSPS) is 11.8. The van der Waals surface area contributed by atoms with E-state index in [0.717, 1.165) is 28.4 Å². The summed E-state index contributed by atoms with van der Waals surface area (Å²) in [5.74, 6) is -0.853. The Hall–Kier alpha value is -3.58. The second kappa shape index (κ2) is 10.6. The van der Waals surface area contributed by atoms with Crippen LogP contribution in [0, 0.1) is 0 Å². The van der Waals surface area contributed by atoms with Gasteiger partial charge < -0.3 is 14.5 Å². The molecule has 0 bridgehead atoms. The van der Waals surface area contributed by atoms with E-state index in [9.17, 15) is 9.59 Å². The Morgan fingerprint density at radius 1 is 0.938 bits per heavy atom. The molecule has 4 aromatic rings. The van der Waals surface area contributed by atoms with Gasteiger partial charge in [-0.2, -0.15) is 0 Å². The lowest BCUT2D eigenvalue weighted by Crippen LogP contribution is -2.33. The van der Waals surface area contributed by atoms with Crippen molar-refractivity contribution in [2.75, 3.05) is 12.4 Å². The van der Waals surface area contributed by atoms with Crippen LogP contribution in [0.5, 0.6) is 0 Å². The SMILES string of the molecule is O=C(COC(=O)CSc1nc2ccccc2o1)NC(Cc1ccccc1)c1ccccc1. The number of rotatable bonds is 9. The molecule has 0 aliphatic heterocycles. The molecule has 162 valence electrons. The van der Waals surface area contributed by atoms with Gasteiger partial charge in [0.15, 0.2) is 12.2 Å². The Morgan fingerprint density at radius 3 is 2.38 bits per heavy atom. The van der Waals surface area contributed by atoms with Crippen molar-refractivity contribution in [2.45, 2.75) is 17.7 Å². The molecular formula is C25H22N2O4S. The molecule has 0 aliphatic rings. The maximum Gasteiger partial charge on any atom is 0.316 e. The van der Waals surface area contributed by atoms with Crippen molar-refractivity contribution < 1.29 is 18.7 Å². The van der Waals surface area contributed by atoms with E-state index in [-0.39, 0.29) is 24.3 Å². The van der Waals surface area contributed by atoms with Gasteiger partial charge in [-0.15, -0.1) is 0 Å². The minimum absolute atomic E-state index is 0.00618. The average Bonchev–Trinajstić information content (AvgIpc) is 3.25. The summed E-state index contributed by atoms with van der Waals surface area (Å²) >= 11 is 1.13. The molecule has 1 amide bonds. The Labute approximate surface area is 190 Å². The number of amides is 1. The molecule has 1 unspecified atom stereocenters. The fourth-order valence-electron chi connectivity index (χ4n) is 3.24. The van der Waals surface area contributed by atoms with E-state index < -0.39 is 5.97 Å². The van der Waals surface area contributed by atoms with Crippen LogP contribution in [0.4, 0.5) is 0 Å². The summed E-state index contributed by atoms with van der Waals surface area (Å²) in [6, 6.07) is 26.8. The van der Waals surface area contributed by atoms with Crippen molar-refractivity contribution in [3.8, 4) is 0 Å². The molecule has 1 heterocycles. The summed E-state index contributed by atoms with van der Waals surface area (Å²) in [4.78, 5) is 28.9. The maximum atomic E-state index is 12.5. The van der Waals surface area contributed by atoms with Gasteiger partial charge in [-0.05, 0) is 29.7 Å². The lowest BCUT2D eigenvalue weighted by Gasteiger charge is -2.19. The Morgan fingerprint density at radius 2 is 1.62 bits per heavy atom. The van der Waals surface area contributed by atoms with Crippen molar-refractivity contribution >= 4 is 34.7 Å². The van der Waals surface area contributed by atoms with Crippen molar-refractivity contribution in [1.29, 1.82) is 0 Å². The third-order valence-corrected chi connectivity index (χ3v) is 5.57. The Kier molecular flexibility index (Phi) is 7.19. The third kappa shape index (κ3) is 5.98. The standard InChI is InChI=1S/C25H22N2O4S/c28-23(16-30-24(29)17-32-25-27-20-13-7-8-14-22(20)31-25)26-21(19-11-5-2-6-12-19)15-18-9-3-1-4-10-18/h1-14,21H,15-17H2,(H,26,28). The molecule has 0 fully saturated rings. The van der Waals surface area contributed by atoms with E-state index in [1.165, 1.54) is 0 Å². The minimum atomic E-state index is -0.508. The molecule has 1 atom stereocenters. The zero-order valence-electron chi connectivity index (χ0n) is 17.3. The summed E-state index contributed by atoms with van der Waals surface area (Å²) in [7, 11) is 0. The van der Waals surface area contributed by atoms with E-state index in [1.54, 1.807) is 0 Å². The van der Waals surface area contributed by atoms with Crippen molar-refractivity contribution in [3.05, 3.63) is 96.1 Å². The lowest BCUT2D eigenvalue weighted by molar-refractivity contribution is -0.146. The number of para-hydroxylation sites is 2. The molecule has 32 heavy (non-hydrogen) atoms. The molecule has 7 heteroatoms. The highest BCUT2D eigenvalue weighted by molar-refractivity contribution is 7.99. The van der Waals surface area contributed by atoms with Crippen LogP contribution in [0.15, 0.2) is 94.6 Å². The number of carbonyl (C=O) groups excluding carboxylic acids is 2. The van der Waals surface area contributed by atoms with E-state index in [4.69, 9.17) is 9.15 Å². The van der Waals surface area contributed by atoms with E-state index in [1.807, 2.05) is 84.9 Å². The number of ether oxygens (including phenoxy) is 1. The molecule has 0 radical (unpaired) electrons. The largest absolute Gasteiger partial charge is 0.455 e. The number of hydrogen-bond acceptors (Lipinski definition) is 6. The fraction of sp³-hybridized carbons (Fsp3) is 0.160. The number of esters is 1.